The van der Waals surface area contributed by atoms with Gasteiger partial charge < -0.3 is 9.21 Å². The van der Waals surface area contributed by atoms with Gasteiger partial charge in [-0.1, -0.05) is 15.9 Å². The quantitative estimate of drug-likeness (QED) is 0.786. The van der Waals surface area contributed by atoms with Crippen molar-refractivity contribution in [2.75, 3.05) is 0 Å². The number of aldehydes is 1. The van der Waals surface area contributed by atoms with Gasteiger partial charge in [0, 0.05) is 16.3 Å². The first-order valence-corrected chi connectivity index (χ1v) is 7.07. The summed E-state index contributed by atoms with van der Waals surface area (Å²) in [5, 5.41) is 0. The smallest absolute Gasteiger partial charge is 0.198 e. The van der Waals surface area contributed by atoms with Crippen molar-refractivity contribution in [3.05, 3.63) is 28.6 Å². The highest BCUT2D eigenvalue weighted by Gasteiger charge is 2.25. The van der Waals surface area contributed by atoms with E-state index in [9.17, 15) is 4.79 Å². The molecule has 0 bridgehead atoms. The van der Waals surface area contributed by atoms with Gasteiger partial charge in [-0.25, -0.2) is 4.98 Å². The number of nitrogens with zero attached hydrogens (tertiary/aromatic N) is 1. The predicted octanol–water partition coefficient (Wildman–Crippen LogP) is 4.06. The molecule has 0 unspecified atom stereocenters. The number of hydrogen-bond donors (Lipinski definition) is 0. The number of aromatic nitrogens is 1. The molecule has 1 saturated carbocycles. The highest BCUT2D eigenvalue weighted by Crippen LogP contribution is 2.36. The van der Waals surface area contributed by atoms with Crippen LogP contribution in [0.15, 0.2) is 27.1 Å². The first-order chi connectivity index (χ1) is 8.76. The van der Waals surface area contributed by atoms with E-state index in [1.165, 1.54) is 0 Å². The fourth-order valence-electron chi connectivity index (χ4n) is 2.60. The molecule has 2 aromatic rings. The van der Waals surface area contributed by atoms with Crippen LogP contribution in [0.4, 0.5) is 0 Å². The van der Waals surface area contributed by atoms with Crippen LogP contribution in [0, 0.1) is 5.92 Å². The highest BCUT2D eigenvalue weighted by atomic mass is 79.9. The summed E-state index contributed by atoms with van der Waals surface area (Å²) in [5.41, 5.74) is 1.74. The predicted molar refractivity (Wildman–Crippen MR) is 72.5 cm³/mol. The lowest BCUT2D eigenvalue weighted by molar-refractivity contribution is -0.112. The fraction of sp³-hybridized carbons (Fsp3) is 0.429. The molecule has 1 aliphatic carbocycles. The molecule has 0 spiro atoms. The second kappa shape index (κ2) is 4.84. The molecule has 1 aromatic heterocycles. The van der Waals surface area contributed by atoms with E-state index in [0.29, 0.717) is 5.92 Å². The number of fused-ring (bicyclic) bond motifs is 1. The summed E-state index contributed by atoms with van der Waals surface area (Å²) < 4.78 is 6.82. The molecule has 4 heteroatoms. The van der Waals surface area contributed by atoms with Crippen LogP contribution >= 0.6 is 15.9 Å². The van der Waals surface area contributed by atoms with Crippen LogP contribution in [-0.4, -0.2) is 11.3 Å². The molecule has 18 heavy (non-hydrogen) atoms. The number of carbonyl (C=O) groups is 1. The van der Waals surface area contributed by atoms with Gasteiger partial charge in [-0.15, -0.1) is 0 Å². The first-order valence-electron chi connectivity index (χ1n) is 6.27. The lowest BCUT2D eigenvalue weighted by Crippen LogP contribution is -2.14. The van der Waals surface area contributed by atoms with Gasteiger partial charge in [0.05, 0.1) is 0 Å². The minimum Gasteiger partial charge on any atom is -0.440 e. The van der Waals surface area contributed by atoms with Crippen LogP contribution in [0.1, 0.15) is 37.5 Å². The molecule has 3 nitrogen and oxygen atoms in total. The van der Waals surface area contributed by atoms with E-state index < -0.39 is 0 Å². The van der Waals surface area contributed by atoms with Crippen molar-refractivity contribution in [2.45, 2.75) is 31.6 Å². The van der Waals surface area contributed by atoms with E-state index in [1.54, 1.807) is 0 Å². The van der Waals surface area contributed by atoms with E-state index >= 15 is 0 Å². The molecule has 0 atom stereocenters. The molecule has 0 N–H and O–H groups in total. The van der Waals surface area contributed by atoms with Crippen molar-refractivity contribution < 1.29 is 9.21 Å². The topological polar surface area (TPSA) is 43.1 Å². The zero-order valence-corrected chi connectivity index (χ0v) is 11.5. The van der Waals surface area contributed by atoms with E-state index in [-0.39, 0.29) is 5.92 Å². The first kappa shape index (κ1) is 11.9. The average Bonchev–Trinajstić information content (AvgIpc) is 2.81. The Morgan fingerprint density at radius 2 is 2.06 bits per heavy atom. The zero-order chi connectivity index (χ0) is 12.5. The number of carbonyl (C=O) groups excluding carboxylic acids is 1. The Balaban J connectivity index is 1.84. The van der Waals surface area contributed by atoms with Gasteiger partial charge in [0.15, 0.2) is 11.5 Å². The van der Waals surface area contributed by atoms with Crippen molar-refractivity contribution in [1.29, 1.82) is 0 Å². The Labute approximate surface area is 114 Å². The van der Waals surface area contributed by atoms with Gasteiger partial charge in [0.2, 0.25) is 0 Å². The van der Waals surface area contributed by atoms with Gasteiger partial charge >= 0.3 is 0 Å². The van der Waals surface area contributed by atoms with E-state index in [4.69, 9.17) is 4.42 Å². The third-order valence-corrected chi connectivity index (χ3v) is 4.17. The second-order valence-corrected chi connectivity index (χ2v) is 5.83. The van der Waals surface area contributed by atoms with Crippen LogP contribution in [-0.2, 0) is 4.79 Å². The largest absolute Gasteiger partial charge is 0.440 e. The molecule has 0 amide bonds. The second-order valence-electron chi connectivity index (χ2n) is 4.91. The number of benzene rings is 1. The number of hydrogen-bond acceptors (Lipinski definition) is 3. The summed E-state index contributed by atoms with van der Waals surface area (Å²) in [6.07, 6.45) is 4.99. The summed E-state index contributed by atoms with van der Waals surface area (Å²) in [7, 11) is 0. The maximum absolute atomic E-state index is 10.7. The summed E-state index contributed by atoms with van der Waals surface area (Å²) in [5.74, 6) is 1.43. The summed E-state index contributed by atoms with van der Waals surface area (Å²) in [6, 6.07) is 5.87. The molecular formula is C14H14BrNO2. The van der Waals surface area contributed by atoms with E-state index in [0.717, 1.165) is 53.4 Å². The van der Waals surface area contributed by atoms with Gasteiger partial charge in [-0.3, -0.25) is 0 Å². The molecule has 0 radical (unpaired) electrons. The van der Waals surface area contributed by atoms with Crippen LogP contribution < -0.4 is 0 Å². The minimum absolute atomic E-state index is 0.236. The Hall–Kier alpha value is -1.16. The van der Waals surface area contributed by atoms with Gasteiger partial charge in [-0.2, -0.15) is 0 Å². The molecule has 3 rings (SSSR count). The standard InChI is InChI=1S/C14H14BrNO2/c15-11-5-6-13-12(7-11)16-14(18-13)10-3-1-9(8-17)2-4-10/h5-10H,1-4H2. The Morgan fingerprint density at radius 1 is 1.28 bits per heavy atom. The summed E-state index contributed by atoms with van der Waals surface area (Å²) in [4.78, 5) is 15.3. The van der Waals surface area contributed by atoms with Crippen LogP contribution in [0.25, 0.3) is 11.1 Å². The van der Waals surface area contributed by atoms with Gasteiger partial charge in [-0.05, 0) is 43.9 Å². The monoisotopic (exact) mass is 307 g/mol. The summed E-state index contributed by atoms with van der Waals surface area (Å²) >= 11 is 3.43. The van der Waals surface area contributed by atoms with Gasteiger partial charge in [0.25, 0.3) is 0 Å². The third-order valence-electron chi connectivity index (χ3n) is 3.68. The van der Waals surface area contributed by atoms with Crippen molar-refractivity contribution in [2.24, 2.45) is 5.92 Å². The molecule has 94 valence electrons. The van der Waals surface area contributed by atoms with Crippen molar-refractivity contribution >= 4 is 33.3 Å². The Bertz CT molecular complexity index is 570. The summed E-state index contributed by atoms with van der Waals surface area (Å²) in [6.45, 7) is 0. The Kier molecular flexibility index (Phi) is 3.20. The maximum atomic E-state index is 10.7. The third kappa shape index (κ3) is 2.21. The normalized spacial score (nSPS) is 24.3. The van der Waals surface area contributed by atoms with Crippen LogP contribution in [0.3, 0.4) is 0 Å². The molecule has 1 aromatic carbocycles. The minimum atomic E-state index is 0.236. The number of oxazole rings is 1. The molecule has 1 heterocycles. The fourth-order valence-corrected chi connectivity index (χ4v) is 2.94. The highest BCUT2D eigenvalue weighted by molar-refractivity contribution is 9.10. The molecule has 0 aliphatic heterocycles. The lowest BCUT2D eigenvalue weighted by atomic mass is 9.83. The van der Waals surface area contributed by atoms with E-state index in [2.05, 4.69) is 20.9 Å². The molecule has 1 aliphatic rings. The molecule has 1 fully saturated rings. The van der Waals surface area contributed by atoms with Crippen LogP contribution in [0.5, 0.6) is 0 Å². The Morgan fingerprint density at radius 3 is 2.78 bits per heavy atom. The maximum Gasteiger partial charge on any atom is 0.198 e. The van der Waals surface area contributed by atoms with Crippen molar-refractivity contribution in [1.82, 2.24) is 4.98 Å². The van der Waals surface area contributed by atoms with Crippen molar-refractivity contribution in [3.63, 3.8) is 0 Å². The number of halogens is 1. The zero-order valence-electron chi connectivity index (χ0n) is 9.93. The van der Waals surface area contributed by atoms with Crippen LogP contribution in [0.2, 0.25) is 0 Å². The number of rotatable bonds is 2. The molecular weight excluding hydrogens is 294 g/mol. The average molecular weight is 308 g/mol. The SMILES string of the molecule is O=CC1CCC(c2nc3cc(Br)ccc3o2)CC1. The van der Waals surface area contributed by atoms with E-state index in [1.807, 2.05) is 18.2 Å². The van der Waals surface area contributed by atoms with Crippen molar-refractivity contribution in [3.8, 4) is 0 Å². The molecule has 0 saturated heterocycles. The lowest BCUT2D eigenvalue weighted by Gasteiger charge is -2.22. The van der Waals surface area contributed by atoms with Gasteiger partial charge in [0.1, 0.15) is 11.8 Å².